The minimum Gasteiger partial charge on any atom is -0.357 e. The number of guanidine groups is 1. The first-order chi connectivity index (χ1) is 14.2. The Morgan fingerprint density at radius 3 is 2.73 bits per heavy atom. The molecule has 2 atom stereocenters. The zero-order chi connectivity index (χ0) is 20.5. The number of thiazole rings is 1. The lowest BCUT2D eigenvalue weighted by Gasteiger charge is -2.32. The molecular weight excluding hydrogens is 525 g/mol. The number of nitrogens with zero attached hydrogens (tertiary/aromatic N) is 3. The molecule has 2 heterocycles. The van der Waals surface area contributed by atoms with Crippen LogP contribution in [0, 0.1) is 12.8 Å². The number of aromatic nitrogens is 1. The normalized spacial score (nSPS) is 23.8. The maximum absolute atomic E-state index is 4.97. The van der Waals surface area contributed by atoms with E-state index < -0.39 is 0 Å². The highest BCUT2D eigenvalue weighted by Crippen LogP contribution is 2.28. The summed E-state index contributed by atoms with van der Waals surface area (Å²) in [6.07, 6.45) is 7.75. The first kappa shape index (κ1) is 26.2. The SMILES string of the molecule is CCNC(=NCC1CCN(Cc2csc(C)n2)CC1)NC1CCCC(SCC)C1.I. The van der Waals surface area contributed by atoms with Crippen molar-refractivity contribution in [3.8, 4) is 0 Å². The average Bonchev–Trinajstić information content (AvgIpc) is 3.13. The van der Waals surface area contributed by atoms with Gasteiger partial charge in [-0.25, -0.2) is 4.98 Å². The Kier molecular flexibility index (Phi) is 12.4. The molecule has 5 nitrogen and oxygen atoms in total. The zero-order valence-electron chi connectivity index (χ0n) is 18.9. The Bertz CT molecular complexity index is 629. The molecular formula is C22H40IN5S2. The molecule has 2 N–H and O–H groups in total. The fraction of sp³-hybridized carbons (Fsp3) is 0.818. The van der Waals surface area contributed by atoms with Crippen LogP contribution in [0.5, 0.6) is 0 Å². The van der Waals surface area contributed by atoms with Gasteiger partial charge in [0.15, 0.2) is 5.96 Å². The molecule has 2 unspecified atom stereocenters. The quantitative estimate of drug-likeness (QED) is 0.267. The monoisotopic (exact) mass is 565 g/mol. The lowest BCUT2D eigenvalue weighted by molar-refractivity contribution is 0.179. The van der Waals surface area contributed by atoms with Gasteiger partial charge in [-0.3, -0.25) is 9.89 Å². The highest BCUT2D eigenvalue weighted by Gasteiger charge is 2.23. The van der Waals surface area contributed by atoms with Crippen molar-refractivity contribution in [2.75, 3.05) is 31.9 Å². The number of thioether (sulfide) groups is 1. The Hall–Kier alpha value is -0.0600. The molecule has 2 aliphatic rings. The van der Waals surface area contributed by atoms with E-state index in [2.05, 4.69) is 58.4 Å². The molecule has 0 bridgehead atoms. The van der Waals surface area contributed by atoms with Crippen LogP contribution in [-0.2, 0) is 6.54 Å². The Morgan fingerprint density at radius 2 is 2.07 bits per heavy atom. The Morgan fingerprint density at radius 1 is 1.27 bits per heavy atom. The molecule has 0 aromatic carbocycles. The van der Waals surface area contributed by atoms with Crippen molar-refractivity contribution in [2.24, 2.45) is 10.9 Å². The molecule has 1 aromatic rings. The minimum absolute atomic E-state index is 0. The number of aliphatic imine (C=N–C) groups is 1. The smallest absolute Gasteiger partial charge is 0.191 e. The third-order valence-corrected chi connectivity index (χ3v) is 8.04. The van der Waals surface area contributed by atoms with E-state index in [1.54, 1.807) is 11.3 Å². The van der Waals surface area contributed by atoms with E-state index in [0.29, 0.717) is 12.0 Å². The van der Waals surface area contributed by atoms with Gasteiger partial charge in [-0.1, -0.05) is 13.3 Å². The molecule has 172 valence electrons. The van der Waals surface area contributed by atoms with Gasteiger partial charge >= 0.3 is 0 Å². The molecule has 1 saturated heterocycles. The highest BCUT2D eigenvalue weighted by atomic mass is 127. The highest BCUT2D eigenvalue weighted by molar-refractivity contribution is 14.0. The number of aryl methyl sites for hydroxylation is 1. The third-order valence-electron chi connectivity index (χ3n) is 5.98. The average molecular weight is 566 g/mol. The maximum Gasteiger partial charge on any atom is 0.191 e. The van der Waals surface area contributed by atoms with Crippen LogP contribution in [0.2, 0.25) is 0 Å². The van der Waals surface area contributed by atoms with E-state index in [-0.39, 0.29) is 24.0 Å². The molecule has 3 rings (SSSR count). The van der Waals surface area contributed by atoms with E-state index in [0.717, 1.165) is 30.8 Å². The largest absolute Gasteiger partial charge is 0.357 e. The Labute approximate surface area is 208 Å². The van der Waals surface area contributed by atoms with Gasteiger partial charge in [-0.2, -0.15) is 11.8 Å². The van der Waals surface area contributed by atoms with Crippen LogP contribution >= 0.6 is 47.1 Å². The Balaban J connectivity index is 0.00000320. The van der Waals surface area contributed by atoms with Crippen LogP contribution < -0.4 is 10.6 Å². The molecule has 1 aliphatic heterocycles. The van der Waals surface area contributed by atoms with Gasteiger partial charge in [0.05, 0.1) is 10.7 Å². The topological polar surface area (TPSA) is 52.6 Å². The molecule has 0 amide bonds. The molecule has 1 aliphatic carbocycles. The molecule has 2 fully saturated rings. The minimum atomic E-state index is 0. The van der Waals surface area contributed by atoms with Gasteiger partial charge in [0.1, 0.15) is 0 Å². The number of likely N-dealkylation sites (tertiary alicyclic amines) is 1. The van der Waals surface area contributed by atoms with Crippen molar-refractivity contribution >= 4 is 53.0 Å². The van der Waals surface area contributed by atoms with Gasteiger partial charge < -0.3 is 10.6 Å². The summed E-state index contributed by atoms with van der Waals surface area (Å²) in [5, 5.41) is 11.4. The second-order valence-corrected chi connectivity index (χ2v) is 11.0. The number of rotatable bonds is 8. The van der Waals surface area contributed by atoms with Gasteiger partial charge in [0.2, 0.25) is 0 Å². The van der Waals surface area contributed by atoms with Gasteiger partial charge in [-0.05, 0) is 70.7 Å². The third kappa shape index (κ3) is 8.82. The number of hydrogen-bond acceptors (Lipinski definition) is 5. The van der Waals surface area contributed by atoms with Crippen molar-refractivity contribution in [1.29, 1.82) is 0 Å². The summed E-state index contributed by atoms with van der Waals surface area (Å²) in [5.74, 6) is 2.96. The van der Waals surface area contributed by atoms with Gasteiger partial charge in [0, 0.05) is 36.3 Å². The number of halogens is 1. The van der Waals surface area contributed by atoms with Crippen LogP contribution in [0.4, 0.5) is 0 Å². The number of hydrogen-bond donors (Lipinski definition) is 2. The summed E-state index contributed by atoms with van der Waals surface area (Å²) < 4.78 is 0. The number of piperidine rings is 1. The van der Waals surface area contributed by atoms with E-state index in [1.807, 2.05) is 0 Å². The van der Waals surface area contributed by atoms with Crippen molar-refractivity contribution in [3.63, 3.8) is 0 Å². The van der Waals surface area contributed by atoms with Crippen LogP contribution in [0.3, 0.4) is 0 Å². The van der Waals surface area contributed by atoms with Crippen LogP contribution in [0.25, 0.3) is 0 Å². The first-order valence-electron chi connectivity index (χ1n) is 11.5. The molecule has 1 saturated carbocycles. The zero-order valence-corrected chi connectivity index (χ0v) is 22.8. The van der Waals surface area contributed by atoms with Crippen LogP contribution in [0.15, 0.2) is 10.4 Å². The van der Waals surface area contributed by atoms with Gasteiger partial charge in [-0.15, -0.1) is 35.3 Å². The predicted octanol–water partition coefficient (Wildman–Crippen LogP) is 4.90. The van der Waals surface area contributed by atoms with E-state index in [1.165, 1.54) is 68.1 Å². The molecule has 30 heavy (non-hydrogen) atoms. The van der Waals surface area contributed by atoms with E-state index in [9.17, 15) is 0 Å². The molecule has 1 aromatic heterocycles. The van der Waals surface area contributed by atoms with Crippen molar-refractivity contribution in [1.82, 2.24) is 20.5 Å². The van der Waals surface area contributed by atoms with Crippen molar-refractivity contribution in [3.05, 3.63) is 16.1 Å². The van der Waals surface area contributed by atoms with Crippen molar-refractivity contribution in [2.45, 2.75) is 77.1 Å². The summed E-state index contributed by atoms with van der Waals surface area (Å²) in [4.78, 5) is 12.1. The summed E-state index contributed by atoms with van der Waals surface area (Å²) in [7, 11) is 0. The van der Waals surface area contributed by atoms with E-state index in [4.69, 9.17) is 4.99 Å². The molecule has 0 radical (unpaired) electrons. The lowest BCUT2D eigenvalue weighted by Crippen LogP contribution is -2.46. The molecule has 0 spiro atoms. The van der Waals surface area contributed by atoms with Crippen molar-refractivity contribution < 1.29 is 0 Å². The predicted molar refractivity (Wildman–Crippen MR) is 144 cm³/mol. The molecule has 8 heteroatoms. The van der Waals surface area contributed by atoms with E-state index >= 15 is 0 Å². The summed E-state index contributed by atoms with van der Waals surface area (Å²) in [6, 6.07) is 0.578. The second kappa shape index (κ2) is 14.2. The summed E-state index contributed by atoms with van der Waals surface area (Å²) in [6.45, 7) is 11.7. The summed E-state index contributed by atoms with van der Waals surface area (Å²) >= 11 is 3.88. The number of nitrogens with one attached hydrogen (secondary N) is 2. The van der Waals surface area contributed by atoms with Crippen LogP contribution in [-0.4, -0.2) is 59.1 Å². The van der Waals surface area contributed by atoms with Crippen LogP contribution in [0.1, 0.15) is 63.1 Å². The standard InChI is InChI=1S/C22H39N5S2.HI/c1-4-23-22(26-19-7-6-8-21(13-19)28-5-2)24-14-18-9-11-27(12-10-18)15-20-16-29-17(3)25-20;/h16,18-19,21H,4-15H2,1-3H3,(H2,23,24,26);1H. The first-order valence-corrected chi connectivity index (χ1v) is 13.4. The second-order valence-electron chi connectivity index (χ2n) is 8.38. The maximum atomic E-state index is 4.97. The van der Waals surface area contributed by atoms with Gasteiger partial charge in [0.25, 0.3) is 0 Å². The summed E-state index contributed by atoms with van der Waals surface area (Å²) in [5.41, 5.74) is 1.23. The lowest BCUT2D eigenvalue weighted by atomic mass is 9.95. The fourth-order valence-electron chi connectivity index (χ4n) is 4.43. The fourth-order valence-corrected chi connectivity index (χ4v) is 6.21.